The zero-order chi connectivity index (χ0) is 20.1. The summed E-state index contributed by atoms with van der Waals surface area (Å²) in [6.45, 7) is 0. The maximum Gasteiger partial charge on any atom is 0.184 e. The van der Waals surface area contributed by atoms with Crippen LogP contribution < -0.4 is 16.2 Å². The van der Waals surface area contributed by atoms with Crippen LogP contribution in [0.25, 0.3) is 0 Å². The van der Waals surface area contributed by atoms with Crippen molar-refractivity contribution in [2.75, 3.05) is 5.01 Å². The largest absolute Gasteiger partial charge is 0.375 e. The summed E-state index contributed by atoms with van der Waals surface area (Å²) < 4.78 is 0. The number of anilines is 1. The van der Waals surface area contributed by atoms with E-state index in [1.54, 1.807) is 6.21 Å². The highest BCUT2D eigenvalue weighted by molar-refractivity contribution is 7.80. The molecule has 0 saturated carbocycles. The Hall–Kier alpha value is -3.51. The van der Waals surface area contributed by atoms with Crippen LogP contribution in [0.5, 0.6) is 0 Å². The zero-order valence-corrected chi connectivity index (χ0v) is 16.6. The molecule has 3 aromatic carbocycles. The number of nitrogens with two attached hydrogens (primary N) is 1. The number of nitrogens with one attached hydrogen (secondary N) is 1. The SMILES string of the molecule is NC(=S)N/N=C/c1ccc(N2N=C(c3ccccc3)CC2c2ccccc2)cc1. The third kappa shape index (κ3) is 4.50. The molecule has 3 N–H and O–H groups in total. The molecule has 0 aromatic heterocycles. The van der Waals surface area contributed by atoms with Crippen molar-refractivity contribution in [2.24, 2.45) is 15.9 Å². The Bertz CT molecular complexity index is 1030. The van der Waals surface area contributed by atoms with Gasteiger partial charge in [-0.25, -0.2) is 0 Å². The molecule has 1 atom stereocenters. The Morgan fingerprint density at radius 1 is 1.00 bits per heavy atom. The van der Waals surface area contributed by atoms with Crippen molar-refractivity contribution in [3.63, 3.8) is 0 Å². The molecule has 0 saturated heterocycles. The van der Waals surface area contributed by atoms with Crippen molar-refractivity contribution in [1.82, 2.24) is 5.43 Å². The third-order valence-electron chi connectivity index (χ3n) is 4.75. The Morgan fingerprint density at radius 2 is 1.66 bits per heavy atom. The smallest absolute Gasteiger partial charge is 0.184 e. The fourth-order valence-corrected chi connectivity index (χ4v) is 3.42. The lowest BCUT2D eigenvalue weighted by Crippen LogP contribution is -2.24. The van der Waals surface area contributed by atoms with Gasteiger partial charge < -0.3 is 5.73 Å². The molecular formula is C23H21N5S. The van der Waals surface area contributed by atoms with Crippen LogP contribution in [0, 0.1) is 0 Å². The molecule has 0 spiro atoms. The van der Waals surface area contributed by atoms with E-state index in [1.807, 2.05) is 36.4 Å². The summed E-state index contributed by atoms with van der Waals surface area (Å²) in [6, 6.07) is 29.1. The van der Waals surface area contributed by atoms with Gasteiger partial charge >= 0.3 is 0 Å². The minimum atomic E-state index is 0.142. The molecule has 144 valence electrons. The first kappa shape index (κ1) is 18.8. The normalized spacial score (nSPS) is 16.1. The molecular weight excluding hydrogens is 378 g/mol. The second-order valence-corrected chi connectivity index (χ2v) is 7.15. The minimum Gasteiger partial charge on any atom is -0.375 e. The zero-order valence-electron chi connectivity index (χ0n) is 15.8. The molecule has 5 nitrogen and oxygen atoms in total. The maximum atomic E-state index is 5.38. The van der Waals surface area contributed by atoms with Gasteiger partial charge in [0.1, 0.15) is 0 Å². The highest BCUT2D eigenvalue weighted by Crippen LogP contribution is 2.36. The Balaban J connectivity index is 1.63. The van der Waals surface area contributed by atoms with Crippen LogP contribution in [0.4, 0.5) is 5.69 Å². The number of hydrazone groups is 2. The summed E-state index contributed by atoms with van der Waals surface area (Å²) in [4.78, 5) is 0. The van der Waals surface area contributed by atoms with Gasteiger partial charge in [-0.05, 0) is 41.0 Å². The number of hydrogen-bond donors (Lipinski definition) is 2. The van der Waals surface area contributed by atoms with Crippen molar-refractivity contribution >= 4 is 34.9 Å². The number of thiocarbonyl (C=S) groups is 1. The van der Waals surface area contributed by atoms with Crippen LogP contribution in [-0.2, 0) is 0 Å². The van der Waals surface area contributed by atoms with Crippen LogP contribution in [0.15, 0.2) is 95.1 Å². The van der Waals surface area contributed by atoms with Gasteiger partial charge in [0.2, 0.25) is 0 Å². The van der Waals surface area contributed by atoms with E-state index in [4.69, 9.17) is 23.1 Å². The molecule has 3 aromatic rings. The van der Waals surface area contributed by atoms with Crippen molar-refractivity contribution in [3.8, 4) is 0 Å². The van der Waals surface area contributed by atoms with Crippen molar-refractivity contribution < 1.29 is 0 Å². The van der Waals surface area contributed by atoms with E-state index in [9.17, 15) is 0 Å². The van der Waals surface area contributed by atoms with Gasteiger partial charge in [-0.2, -0.15) is 10.2 Å². The summed E-state index contributed by atoms with van der Waals surface area (Å²) in [5, 5.41) is 11.2. The van der Waals surface area contributed by atoms with E-state index < -0.39 is 0 Å². The van der Waals surface area contributed by atoms with E-state index in [2.05, 4.69) is 64.1 Å². The molecule has 4 rings (SSSR count). The van der Waals surface area contributed by atoms with Gasteiger partial charge in [0.05, 0.1) is 23.7 Å². The quantitative estimate of drug-likeness (QED) is 0.383. The van der Waals surface area contributed by atoms with E-state index in [1.165, 1.54) is 5.56 Å². The summed E-state index contributed by atoms with van der Waals surface area (Å²) >= 11 is 4.75. The predicted octanol–water partition coefficient (Wildman–Crippen LogP) is 4.21. The number of nitrogens with zero attached hydrogens (tertiary/aromatic N) is 3. The molecule has 0 amide bonds. The van der Waals surface area contributed by atoms with Gasteiger partial charge in [-0.1, -0.05) is 72.8 Å². The molecule has 0 fully saturated rings. The van der Waals surface area contributed by atoms with Crippen LogP contribution >= 0.6 is 12.2 Å². The maximum absolute atomic E-state index is 5.38. The lowest BCUT2D eigenvalue weighted by atomic mass is 9.98. The fraction of sp³-hybridized carbons (Fsp3) is 0.0870. The Morgan fingerprint density at radius 3 is 2.31 bits per heavy atom. The molecule has 1 aliphatic rings. The minimum absolute atomic E-state index is 0.142. The number of hydrogen-bond acceptors (Lipinski definition) is 4. The highest BCUT2D eigenvalue weighted by atomic mass is 32.1. The molecule has 0 bridgehead atoms. The molecule has 6 heteroatoms. The van der Waals surface area contributed by atoms with Gasteiger partial charge in [-0.15, -0.1) is 0 Å². The summed E-state index contributed by atoms with van der Waals surface area (Å²) in [5.41, 5.74) is 13.4. The van der Waals surface area contributed by atoms with Gasteiger partial charge in [0.25, 0.3) is 0 Å². The summed E-state index contributed by atoms with van der Waals surface area (Å²) in [6.07, 6.45) is 2.54. The van der Waals surface area contributed by atoms with Crippen LogP contribution in [0.3, 0.4) is 0 Å². The number of benzene rings is 3. The average Bonchev–Trinajstić information content (AvgIpc) is 3.21. The predicted molar refractivity (Wildman–Crippen MR) is 123 cm³/mol. The van der Waals surface area contributed by atoms with Gasteiger partial charge in [0, 0.05) is 6.42 Å². The Kier molecular flexibility index (Phi) is 5.63. The van der Waals surface area contributed by atoms with E-state index in [-0.39, 0.29) is 11.2 Å². The second-order valence-electron chi connectivity index (χ2n) is 6.71. The van der Waals surface area contributed by atoms with E-state index in [0.717, 1.165) is 28.9 Å². The Labute approximate surface area is 175 Å². The van der Waals surface area contributed by atoms with Gasteiger partial charge in [0.15, 0.2) is 5.11 Å². The van der Waals surface area contributed by atoms with Crippen molar-refractivity contribution in [2.45, 2.75) is 12.5 Å². The molecule has 1 heterocycles. The van der Waals surface area contributed by atoms with Crippen LogP contribution in [-0.4, -0.2) is 17.0 Å². The molecule has 0 aliphatic carbocycles. The first-order valence-corrected chi connectivity index (χ1v) is 9.77. The van der Waals surface area contributed by atoms with Crippen LogP contribution in [0.1, 0.15) is 29.2 Å². The summed E-state index contributed by atoms with van der Waals surface area (Å²) in [7, 11) is 0. The topological polar surface area (TPSA) is 66.0 Å². The van der Waals surface area contributed by atoms with E-state index >= 15 is 0 Å². The lowest BCUT2D eigenvalue weighted by molar-refractivity contribution is 0.709. The van der Waals surface area contributed by atoms with E-state index in [0.29, 0.717) is 0 Å². The van der Waals surface area contributed by atoms with Crippen LogP contribution in [0.2, 0.25) is 0 Å². The molecule has 29 heavy (non-hydrogen) atoms. The first-order valence-electron chi connectivity index (χ1n) is 9.36. The second kappa shape index (κ2) is 8.67. The standard InChI is InChI=1S/C23H21N5S/c24-23(29)26-25-16-17-11-13-20(14-12-17)28-22(19-9-5-2-6-10-19)15-21(27-28)18-7-3-1-4-8-18/h1-14,16,22H,15H2,(H3,24,26,29)/b25-16+. The lowest BCUT2D eigenvalue weighted by Gasteiger charge is -2.24. The first-order chi connectivity index (χ1) is 14.2. The molecule has 1 aliphatic heterocycles. The van der Waals surface area contributed by atoms with Gasteiger partial charge in [-0.3, -0.25) is 10.4 Å². The monoisotopic (exact) mass is 399 g/mol. The number of rotatable bonds is 5. The molecule has 1 unspecified atom stereocenters. The van der Waals surface area contributed by atoms with Crippen molar-refractivity contribution in [1.29, 1.82) is 0 Å². The fourth-order valence-electron chi connectivity index (χ4n) is 3.37. The third-order valence-corrected chi connectivity index (χ3v) is 4.84. The highest BCUT2D eigenvalue weighted by Gasteiger charge is 2.29. The molecule has 0 radical (unpaired) electrons. The summed E-state index contributed by atoms with van der Waals surface area (Å²) in [5.74, 6) is 0. The average molecular weight is 400 g/mol. The van der Waals surface area contributed by atoms with Crippen molar-refractivity contribution in [3.05, 3.63) is 102 Å².